The largest absolute Gasteiger partial charge is 0.353 e. The molecule has 2 heterocycles. The van der Waals surface area contributed by atoms with E-state index in [0.29, 0.717) is 11.8 Å². The summed E-state index contributed by atoms with van der Waals surface area (Å²) in [6.45, 7) is 3.80. The molecule has 1 atom stereocenters. The van der Waals surface area contributed by atoms with Crippen LogP contribution in [0.15, 0.2) is 12.3 Å². The Hall–Kier alpha value is -0.960. The van der Waals surface area contributed by atoms with Gasteiger partial charge in [0, 0.05) is 37.9 Å². The van der Waals surface area contributed by atoms with Crippen LogP contribution in [0.5, 0.6) is 0 Å². The Kier molecular flexibility index (Phi) is 3.77. The average Bonchev–Trinajstić information content (AvgIpc) is 2.64. The van der Waals surface area contributed by atoms with Crippen LogP contribution in [0.3, 0.4) is 0 Å². The maximum atomic E-state index is 12.4. The summed E-state index contributed by atoms with van der Waals surface area (Å²) in [4.78, 5) is 14.3. The van der Waals surface area contributed by atoms with Crippen molar-refractivity contribution in [1.82, 2.24) is 9.47 Å². The van der Waals surface area contributed by atoms with Crippen molar-refractivity contribution in [2.75, 3.05) is 19.0 Å². The standard InChI is InChI=1S/C13H19ClN2O/c1-10-4-9-16(7-3-6-14)13(17)11-5-8-15(2)12(10)11/h5,8,10H,3-4,6-7,9H2,1-2H3. The lowest BCUT2D eigenvalue weighted by atomic mass is 10.0. The minimum absolute atomic E-state index is 0.162. The van der Waals surface area contributed by atoms with Gasteiger partial charge >= 0.3 is 0 Å². The van der Waals surface area contributed by atoms with Crippen molar-refractivity contribution in [2.45, 2.75) is 25.7 Å². The van der Waals surface area contributed by atoms with Gasteiger partial charge < -0.3 is 9.47 Å². The zero-order valence-electron chi connectivity index (χ0n) is 10.4. The molecule has 0 radical (unpaired) electrons. The molecule has 0 N–H and O–H groups in total. The molecular weight excluding hydrogens is 236 g/mol. The monoisotopic (exact) mass is 254 g/mol. The van der Waals surface area contributed by atoms with Crippen LogP contribution < -0.4 is 0 Å². The maximum absolute atomic E-state index is 12.4. The highest BCUT2D eigenvalue weighted by molar-refractivity contribution is 6.17. The number of halogens is 1. The van der Waals surface area contributed by atoms with Crippen LogP contribution in [0.4, 0.5) is 0 Å². The van der Waals surface area contributed by atoms with Gasteiger partial charge in [0.05, 0.1) is 5.56 Å². The first-order chi connectivity index (χ1) is 8.15. The molecule has 0 saturated heterocycles. The fraction of sp³-hybridized carbons (Fsp3) is 0.615. The van der Waals surface area contributed by atoms with Crippen LogP contribution in [-0.2, 0) is 7.05 Å². The van der Waals surface area contributed by atoms with Gasteiger partial charge in [0.15, 0.2) is 0 Å². The zero-order chi connectivity index (χ0) is 12.4. The number of aryl methyl sites for hydroxylation is 1. The third-order valence-corrected chi connectivity index (χ3v) is 3.77. The number of carbonyl (C=O) groups is 1. The van der Waals surface area contributed by atoms with Crippen molar-refractivity contribution in [3.05, 3.63) is 23.5 Å². The number of hydrogen-bond donors (Lipinski definition) is 0. The number of nitrogens with zero attached hydrogens (tertiary/aromatic N) is 2. The molecule has 1 unspecified atom stereocenters. The quantitative estimate of drug-likeness (QED) is 0.762. The molecular formula is C13H19ClN2O. The average molecular weight is 255 g/mol. The number of carbonyl (C=O) groups excluding carboxylic acids is 1. The molecule has 94 valence electrons. The molecule has 0 aliphatic carbocycles. The topological polar surface area (TPSA) is 25.2 Å². The van der Waals surface area contributed by atoms with Crippen molar-refractivity contribution < 1.29 is 4.79 Å². The van der Waals surface area contributed by atoms with E-state index in [0.717, 1.165) is 31.5 Å². The van der Waals surface area contributed by atoms with Gasteiger partial charge in [-0.05, 0) is 24.8 Å². The van der Waals surface area contributed by atoms with E-state index in [4.69, 9.17) is 11.6 Å². The zero-order valence-corrected chi connectivity index (χ0v) is 11.2. The van der Waals surface area contributed by atoms with Gasteiger partial charge in [0.25, 0.3) is 5.91 Å². The number of aromatic nitrogens is 1. The number of rotatable bonds is 3. The van der Waals surface area contributed by atoms with Crippen molar-refractivity contribution >= 4 is 17.5 Å². The van der Waals surface area contributed by atoms with E-state index in [-0.39, 0.29) is 5.91 Å². The molecule has 0 aromatic carbocycles. The second-order valence-electron chi connectivity index (χ2n) is 4.75. The summed E-state index contributed by atoms with van der Waals surface area (Å²) in [7, 11) is 2.01. The van der Waals surface area contributed by atoms with Gasteiger partial charge in [-0.3, -0.25) is 4.79 Å². The Morgan fingerprint density at radius 1 is 1.53 bits per heavy atom. The predicted octanol–water partition coefficient (Wildman–Crippen LogP) is 2.60. The van der Waals surface area contributed by atoms with Gasteiger partial charge in [0.1, 0.15) is 0 Å². The first kappa shape index (κ1) is 12.5. The lowest BCUT2D eigenvalue weighted by Crippen LogP contribution is -2.32. The Bertz CT molecular complexity index is 414. The van der Waals surface area contributed by atoms with E-state index in [1.165, 1.54) is 5.69 Å². The van der Waals surface area contributed by atoms with Crippen LogP contribution in [0.25, 0.3) is 0 Å². The molecule has 4 heteroatoms. The fourth-order valence-electron chi connectivity index (χ4n) is 2.56. The third kappa shape index (κ3) is 2.34. The first-order valence-corrected chi connectivity index (χ1v) is 6.69. The highest BCUT2D eigenvalue weighted by atomic mass is 35.5. The van der Waals surface area contributed by atoms with Gasteiger partial charge in [0.2, 0.25) is 0 Å². The van der Waals surface area contributed by atoms with Crippen LogP contribution in [0.2, 0.25) is 0 Å². The lowest BCUT2D eigenvalue weighted by Gasteiger charge is -2.20. The summed E-state index contributed by atoms with van der Waals surface area (Å²) in [6.07, 6.45) is 3.87. The fourth-order valence-corrected chi connectivity index (χ4v) is 2.68. The van der Waals surface area contributed by atoms with E-state index in [2.05, 4.69) is 11.5 Å². The Morgan fingerprint density at radius 3 is 3.00 bits per heavy atom. The second-order valence-corrected chi connectivity index (χ2v) is 5.13. The predicted molar refractivity (Wildman–Crippen MR) is 69.7 cm³/mol. The van der Waals surface area contributed by atoms with Crippen LogP contribution >= 0.6 is 11.6 Å². The molecule has 0 spiro atoms. The van der Waals surface area contributed by atoms with Crippen molar-refractivity contribution in [3.63, 3.8) is 0 Å². The molecule has 0 saturated carbocycles. The molecule has 2 rings (SSSR count). The van der Waals surface area contributed by atoms with Crippen molar-refractivity contribution in [3.8, 4) is 0 Å². The lowest BCUT2D eigenvalue weighted by molar-refractivity contribution is 0.0761. The summed E-state index contributed by atoms with van der Waals surface area (Å²) < 4.78 is 2.07. The Labute approximate surface area is 107 Å². The SMILES string of the molecule is CC1CCN(CCCCl)C(=O)c2ccn(C)c21. The molecule has 0 bridgehead atoms. The van der Waals surface area contributed by atoms with Gasteiger partial charge in [-0.15, -0.1) is 11.6 Å². The highest BCUT2D eigenvalue weighted by Crippen LogP contribution is 2.28. The van der Waals surface area contributed by atoms with Crippen LogP contribution in [0, 0.1) is 0 Å². The molecule has 1 aromatic rings. The van der Waals surface area contributed by atoms with Crippen LogP contribution in [0.1, 0.15) is 41.7 Å². The molecule has 1 amide bonds. The minimum atomic E-state index is 0.162. The van der Waals surface area contributed by atoms with Crippen LogP contribution in [-0.4, -0.2) is 34.3 Å². The Morgan fingerprint density at radius 2 is 2.29 bits per heavy atom. The number of hydrogen-bond acceptors (Lipinski definition) is 1. The summed E-state index contributed by atoms with van der Waals surface area (Å²) in [6, 6.07) is 1.94. The van der Waals surface area contributed by atoms with Gasteiger partial charge in [-0.1, -0.05) is 6.92 Å². The number of alkyl halides is 1. The summed E-state index contributed by atoms with van der Waals surface area (Å²) in [5.74, 6) is 1.21. The summed E-state index contributed by atoms with van der Waals surface area (Å²) >= 11 is 5.70. The van der Waals surface area contributed by atoms with Crippen molar-refractivity contribution in [2.24, 2.45) is 7.05 Å². The maximum Gasteiger partial charge on any atom is 0.255 e. The third-order valence-electron chi connectivity index (χ3n) is 3.50. The van der Waals surface area contributed by atoms with E-state index in [1.54, 1.807) is 0 Å². The highest BCUT2D eigenvalue weighted by Gasteiger charge is 2.27. The second kappa shape index (κ2) is 5.13. The van der Waals surface area contributed by atoms with E-state index in [9.17, 15) is 4.79 Å². The van der Waals surface area contributed by atoms with E-state index in [1.807, 2.05) is 24.2 Å². The van der Waals surface area contributed by atoms with Gasteiger partial charge in [-0.25, -0.2) is 0 Å². The molecule has 1 aliphatic heterocycles. The minimum Gasteiger partial charge on any atom is -0.353 e. The first-order valence-electron chi connectivity index (χ1n) is 6.15. The van der Waals surface area contributed by atoms with E-state index < -0.39 is 0 Å². The molecule has 1 aliphatic rings. The number of fused-ring (bicyclic) bond motifs is 1. The molecule has 17 heavy (non-hydrogen) atoms. The smallest absolute Gasteiger partial charge is 0.255 e. The summed E-state index contributed by atoms with van der Waals surface area (Å²) in [5, 5.41) is 0. The number of amides is 1. The van der Waals surface area contributed by atoms with Crippen molar-refractivity contribution in [1.29, 1.82) is 0 Å². The summed E-state index contributed by atoms with van der Waals surface area (Å²) in [5.41, 5.74) is 2.04. The Balaban J connectivity index is 2.27. The van der Waals surface area contributed by atoms with E-state index >= 15 is 0 Å². The molecule has 3 nitrogen and oxygen atoms in total. The molecule has 1 aromatic heterocycles. The molecule has 0 fully saturated rings. The normalized spacial score (nSPS) is 20.3. The van der Waals surface area contributed by atoms with Gasteiger partial charge in [-0.2, -0.15) is 0 Å².